The number of nitrogens with one attached hydrogen (secondary N) is 3. The van der Waals surface area contributed by atoms with Gasteiger partial charge in [0.15, 0.2) is 0 Å². The number of thiocarbonyl (C=S) groups is 1. The molecule has 0 spiro atoms. The van der Waals surface area contributed by atoms with Crippen molar-refractivity contribution >= 4 is 40.0 Å². The highest BCUT2D eigenvalue weighted by Gasteiger charge is 2.19. The number of anilines is 1. The van der Waals surface area contributed by atoms with Crippen LogP contribution in [0, 0.1) is 0 Å². The van der Waals surface area contributed by atoms with E-state index in [2.05, 4.69) is 24.8 Å². The van der Waals surface area contributed by atoms with Gasteiger partial charge < -0.3 is 4.74 Å². The zero-order chi connectivity index (χ0) is 10.6. The predicted molar refractivity (Wildman–Crippen MR) is 53.6 cm³/mol. The zero-order valence-electron chi connectivity index (χ0n) is 7.16. The lowest BCUT2D eigenvalue weighted by atomic mass is 10.6. The highest BCUT2D eigenvalue weighted by Crippen LogP contribution is 2.05. The molecule has 0 fully saturated rings. The minimum absolute atomic E-state index is 0.111. The van der Waals surface area contributed by atoms with E-state index in [1.807, 2.05) is 0 Å². The Morgan fingerprint density at radius 1 is 1.79 bits per heavy atom. The van der Waals surface area contributed by atoms with Crippen LogP contribution < -0.4 is 21.6 Å². The molecule has 14 heavy (non-hydrogen) atoms. The first kappa shape index (κ1) is 10.8. The first-order valence-corrected chi connectivity index (χ1v) is 4.60. The Morgan fingerprint density at radius 2 is 2.50 bits per heavy atom. The monoisotopic (exact) mass is 234 g/mol. The number of carbonyl (C=O) groups is 1. The van der Waals surface area contributed by atoms with Gasteiger partial charge in [-0.3, -0.25) is 5.43 Å². The average Bonchev–Trinajstić information content (AvgIpc) is 2.65. The summed E-state index contributed by atoms with van der Waals surface area (Å²) in [6.07, 6.45) is 0. The van der Waals surface area contributed by atoms with Crippen molar-refractivity contribution in [3.8, 4) is 0 Å². The third kappa shape index (κ3) is 2.58. The maximum atomic E-state index is 11.0. The molecule has 0 unspecified atom stereocenters. The number of hydrogen-bond acceptors (Lipinski definition) is 6. The lowest BCUT2D eigenvalue weighted by molar-refractivity contribution is -0.363. The van der Waals surface area contributed by atoms with E-state index in [4.69, 9.17) is 18.1 Å². The third-order valence-electron chi connectivity index (χ3n) is 1.20. The Labute approximate surface area is 88.8 Å². The second kappa shape index (κ2) is 4.79. The standard InChI is InChI=1S/C5H7N5O2S2/c1-12-3(11)2-7-5(14-10-2)8-4(13)9-6/h6H2,1H3,(H2,7,8,9,10,13)/p+1. The second-order valence-corrected chi connectivity index (χ2v) is 3.26. The molecule has 1 heterocycles. The van der Waals surface area contributed by atoms with Gasteiger partial charge in [0, 0.05) is 0 Å². The first-order valence-electron chi connectivity index (χ1n) is 3.42. The fourth-order valence-electron chi connectivity index (χ4n) is 0.623. The molecule has 1 aromatic rings. The molecular weight excluding hydrogens is 226 g/mol. The van der Waals surface area contributed by atoms with Crippen molar-refractivity contribution in [1.29, 1.82) is 0 Å². The number of hydrazine groups is 1. The topological polar surface area (TPSA) is 103 Å². The SMILES string of the molecule is COC(=O)c1nsc(NC(=S)NN)[nH+]1. The molecule has 1 aromatic heterocycles. The van der Waals surface area contributed by atoms with E-state index in [0.717, 1.165) is 11.5 Å². The predicted octanol–water partition coefficient (Wildman–Crippen LogP) is -1.10. The molecule has 0 amide bonds. The molecule has 0 aliphatic rings. The zero-order valence-corrected chi connectivity index (χ0v) is 8.79. The molecule has 1 rings (SSSR count). The number of nitrogens with zero attached hydrogens (tertiary/aromatic N) is 1. The maximum Gasteiger partial charge on any atom is 0.409 e. The molecule has 0 saturated carbocycles. The van der Waals surface area contributed by atoms with Gasteiger partial charge in [0.25, 0.3) is 0 Å². The first-order chi connectivity index (χ1) is 6.67. The van der Waals surface area contributed by atoms with Gasteiger partial charge in [0.2, 0.25) is 5.11 Å². The lowest BCUT2D eigenvalue weighted by Gasteiger charge is -1.95. The number of aromatic amines is 1. The van der Waals surface area contributed by atoms with Gasteiger partial charge in [0.1, 0.15) is 11.5 Å². The Hall–Kier alpha value is -1.32. The van der Waals surface area contributed by atoms with Crippen molar-refractivity contribution in [2.75, 3.05) is 12.4 Å². The van der Waals surface area contributed by atoms with Crippen molar-refractivity contribution in [2.24, 2.45) is 5.84 Å². The summed E-state index contributed by atoms with van der Waals surface area (Å²) in [5.41, 5.74) is 2.23. The Balaban J connectivity index is 2.68. The van der Waals surface area contributed by atoms with Crippen molar-refractivity contribution in [1.82, 2.24) is 9.80 Å². The number of aromatic nitrogens is 2. The van der Waals surface area contributed by atoms with E-state index in [1.54, 1.807) is 0 Å². The summed E-state index contributed by atoms with van der Waals surface area (Å²) in [5.74, 6) is 4.61. The minimum atomic E-state index is -0.541. The maximum absolute atomic E-state index is 11.0. The van der Waals surface area contributed by atoms with Gasteiger partial charge in [-0.1, -0.05) is 0 Å². The van der Waals surface area contributed by atoms with Crippen LogP contribution in [0.25, 0.3) is 0 Å². The quantitative estimate of drug-likeness (QED) is 0.258. The molecule has 0 atom stereocenters. The average molecular weight is 234 g/mol. The van der Waals surface area contributed by atoms with Gasteiger partial charge in [-0.15, -0.1) is 0 Å². The lowest BCUT2D eigenvalue weighted by Crippen LogP contribution is -2.35. The van der Waals surface area contributed by atoms with Crippen LogP contribution in [0.2, 0.25) is 0 Å². The van der Waals surface area contributed by atoms with Crippen molar-refractivity contribution < 1.29 is 14.5 Å². The van der Waals surface area contributed by atoms with E-state index in [-0.39, 0.29) is 10.9 Å². The molecule has 76 valence electrons. The van der Waals surface area contributed by atoms with Crippen molar-refractivity contribution in [3.05, 3.63) is 5.82 Å². The highest BCUT2D eigenvalue weighted by molar-refractivity contribution is 7.80. The fourth-order valence-corrected chi connectivity index (χ4v) is 1.38. The third-order valence-corrected chi connectivity index (χ3v) is 2.08. The highest BCUT2D eigenvalue weighted by atomic mass is 32.1. The van der Waals surface area contributed by atoms with Crippen molar-refractivity contribution in [2.45, 2.75) is 0 Å². The van der Waals surface area contributed by atoms with E-state index in [9.17, 15) is 4.79 Å². The van der Waals surface area contributed by atoms with Crippen LogP contribution in [0.1, 0.15) is 10.6 Å². The number of H-pyrrole nitrogens is 1. The molecule has 0 aliphatic carbocycles. The van der Waals surface area contributed by atoms with E-state index in [0.29, 0.717) is 5.13 Å². The molecule has 0 radical (unpaired) electrons. The number of esters is 1. The van der Waals surface area contributed by atoms with Crippen molar-refractivity contribution in [3.63, 3.8) is 0 Å². The number of rotatable bonds is 2. The molecule has 7 nitrogen and oxygen atoms in total. The van der Waals surface area contributed by atoms with Crippen LogP contribution in [0.3, 0.4) is 0 Å². The van der Waals surface area contributed by atoms with Crippen LogP contribution >= 0.6 is 23.8 Å². The fraction of sp³-hybridized carbons (Fsp3) is 0.200. The number of hydrogen-bond donors (Lipinski definition) is 3. The summed E-state index contributed by atoms with van der Waals surface area (Å²) in [6, 6.07) is 0. The minimum Gasteiger partial charge on any atom is -0.461 e. The molecule has 9 heteroatoms. The summed E-state index contributed by atoms with van der Waals surface area (Å²) >= 11 is 5.77. The van der Waals surface area contributed by atoms with E-state index in [1.165, 1.54) is 7.11 Å². The molecule has 0 aliphatic heterocycles. The van der Waals surface area contributed by atoms with Gasteiger partial charge in [-0.05, 0) is 16.6 Å². The van der Waals surface area contributed by atoms with E-state index >= 15 is 0 Å². The molecular formula is C5H8N5O2S2+. The summed E-state index contributed by atoms with van der Waals surface area (Å²) in [5, 5.41) is 3.40. The molecule has 0 bridgehead atoms. The smallest absolute Gasteiger partial charge is 0.409 e. The van der Waals surface area contributed by atoms with Crippen LogP contribution in [-0.2, 0) is 4.74 Å². The summed E-state index contributed by atoms with van der Waals surface area (Å²) in [7, 11) is 1.27. The van der Waals surface area contributed by atoms with Crippen LogP contribution in [0.5, 0.6) is 0 Å². The Kier molecular flexibility index (Phi) is 3.68. The molecule has 0 saturated heterocycles. The molecule has 5 N–H and O–H groups in total. The summed E-state index contributed by atoms with van der Waals surface area (Å²) in [6.45, 7) is 0. The van der Waals surface area contributed by atoms with Gasteiger partial charge in [-0.2, -0.15) is 0 Å². The number of methoxy groups -OCH3 is 1. The molecule has 0 aromatic carbocycles. The van der Waals surface area contributed by atoms with Crippen LogP contribution in [-0.4, -0.2) is 22.6 Å². The summed E-state index contributed by atoms with van der Waals surface area (Å²) in [4.78, 5) is 13.6. The number of carbonyl (C=O) groups excluding carboxylic acids is 1. The Bertz CT molecular complexity index is 352. The van der Waals surface area contributed by atoms with Gasteiger partial charge >= 0.3 is 16.9 Å². The number of ether oxygens (including phenoxy) is 1. The van der Waals surface area contributed by atoms with Gasteiger partial charge in [0.05, 0.1) is 7.11 Å². The van der Waals surface area contributed by atoms with E-state index < -0.39 is 5.97 Å². The van der Waals surface area contributed by atoms with Gasteiger partial charge in [-0.25, -0.2) is 20.9 Å². The van der Waals surface area contributed by atoms with Crippen LogP contribution in [0.15, 0.2) is 0 Å². The Morgan fingerprint density at radius 3 is 3.07 bits per heavy atom. The second-order valence-electron chi connectivity index (χ2n) is 2.08. The summed E-state index contributed by atoms with van der Waals surface area (Å²) < 4.78 is 8.25. The van der Waals surface area contributed by atoms with Crippen LogP contribution in [0.4, 0.5) is 5.13 Å². The normalized spacial score (nSPS) is 9.29. The largest absolute Gasteiger partial charge is 0.461 e. The number of nitrogens with two attached hydrogens (primary N) is 1.